The molecule has 0 bridgehead atoms. The molecule has 0 aliphatic carbocycles. The van der Waals surface area contributed by atoms with Crippen molar-refractivity contribution in [2.24, 2.45) is 4.99 Å². The molecule has 7 aromatic rings. The first-order valence-corrected chi connectivity index (χ1v) is 17.3. The Bertz CT molecular complexity index is 2070. The number of aromatic nitrogens is 1. The predicted octanol–water partition coefficient (Wildman–Crippen LogP) is 7.01. The zero-order valence-electron chi connectivity index (χ0n) is 26.3. The summed E-state index contributed by atoms with van der Waals surface area (Å²) in [7, 11) is 3.66. The van der Waals surface area contributed by atoms with Gasteiger partial charge in [-0.3, -0.25) is 9.89 Å². The van der Waals surface area contributed by atoms with Crippen molar-refractivity contribution in [1.29, 1.82) is 0 Å². The van der Waals surface area contributed by atoms with Crippen LogP contribution in [0.1, 0.15) is 23.5 Å². The lowest BCUT2D eigenvalue weighted by molar-refractivity contribution is 0.157. The van der Waals surface area contributed by atoms with Gasteiger partial charge >= 0.3 is 0 Å². The van der Waals surface area contributed by atoms with Gasteiger partial charge in [0.25, 0.3) is 0 Å². The predicted molar refractivity (Wildman–Crippen MR) is 198 cm³/mol. The van der Waals surface area contributed by atoms with Gasteiger partial charge in [0.1, 0.15) is 6.17 Å². The zero-order chi connectivity index (χ0) is 31.3. The Morgan fingerprint density at radius 2 is 1.17 bits per heavy atom. The van der Waals surface area contributed by atoms with Crippen LogP contribution < -0.4 is 15.7 Å². The second kappa shape index (κ2) is 13.5. The van der Waals surface area contributed by atoms with Gasteiger partial charge in [-0.1, -0.05) is 150 Å². The largest absolute Gasteiger partial charge is 0.301 e. The molecule has 5 heteroatoms. The molecule has 46 heavy (non-hydrogen) atoms. The summed E-state index contributed by atoms with van der Waals surface area (Å²) < 4.78 is 2.24. The molecule has 0 fully saturated rings. The van der Waals surface area contributed by atoms with E-state index in [2.05, 4.69) is 180 Å². The van der Waals surface area contributed by atoms with Crippen LogP contribution in [0.5, 0.6) is 0 Å². The molecule has 1 N–H and O–H groups in total. The number of nitrogens with zero attached hydrogens (tertiary/aromatic N) is 3. The average Bonchev–Trinajstić information content (AvgIpc) is 3.43. The van der Waals surface area contributed by atoms with Gasteiger partial charge in [-0.25, -0.2) is 0 Å². The van der Waals surface area contributed by atoms with Crippen molar-refractivity contribution in [2.45, 2.75) is 12.3 Å². The molecular weight excluding hydrogens is 577 g/mol. The maximum Gasteiger partial charge on any atom is 0.131 e. The number of para-hydroxylation sites is 1. The Balaban J connectivity index is 1.25. The van der Waals surface area contributed by atoms with E-state index in [1.807, 2.05) is 13.4 Å². The third-order valence-electron chi connectivity index (χ3n) is 8.85. The number of hydrogen-bond acceptors (Lipinski definition) is 3. The fraction of sp³-hybridized carbons (Fsp3) is 0.0976. The number of aliphatic imine (C=N–C) groups is 1. The van der Waals surface area contributed by atoms with E-state index in [-0.39, 0.29) is 12.3 Å². The van der Waals surface area contributed by atoms with E-state index in [4.69, 9.17) is 4.99 Å². The highest BCUT2D eigenvalue weighted by Gasteiger charge is 2.24. The van der Waals surface area contributed by atoms with Crippen molar-refractivity contribution >= 4 is 48.0 Å². The third kappa shape index (κ3) is 6.09. The number of benzene rings is 6. The smallest absolute Gasteiger partial charge is 0.131 e. The maximum absolute atomic E-state index is 5.28. The fourth-order valence-corrected chi connectivity index (χ4v) is 7.97. The van der Waals surface area contributed by atoms with Gasteiger partial charge in [-0.15, -0.1) is 0 Å². The second-order valence-electron chi connectivity index (χ2n) is 11.8. The Kier molecular flexibility index (Phi) is 8.70. The SMILES string of the molecule is CNC(c1ccccc1)N(C)C(/N=C/n1c2ccccc2c2cc(-c3ccc([SiH2]c4ccccc4)cc3)ccc21)c1ccccc1. The molecule has 0 radical (unpaired) electrons. The minimum Gasteiger partial charge on any atom is -0.301 e. The van der Waals surface area contributed by atoms with Gasteiger partial charge in [-0.2, -0.15) is 0 Å². The molecule has 226 valence electrons. The van der Waals surface area contributed by atoms with Crippen molar-refractivity contribution in [3.05, 3.63) is 169 Å². The van der Waals surface area contributed by atoms with Crippen LogP contribution >= 0.6 is 0 Å². The molecule has 4 nitrogen and oxygen atoms in total. The minimum absolute atomic E-state index is 0.00832. The molecule has 0 aliphatic heterocycles. The average molecular weight is 615 g/mol. The molecule has 0 saturated heterocycles. The summed E-state index contributed by atoms with van der Waals surface area (Å²) in [5.74, 6) is 0. The van der Waals surface area contributed by atoms with Crippen molar-refractivity contribution in [3.8, 4) is 11.1 Å². The topological polar surface area (TPSA) is 32.6 Å². The van der Waals surface area contributed by atoms with Crippen LogP contribution in [0.15, 0.2) is 163 Å². The van der Waals surface area contributed by atoms with E-state index >= 15 is 0 Å². The lowest BCUT2D eigenvalue weighted by atomic mass is 10.0. The molecular formula is C41H38N4Si. The lowest BCUT2D eigenvalue weighted by Gasteiger charge is -2.33. The van der Waals surface area contributed by atoms with Gasteiger partial charge in [0.15, 0.2) is 0 Å². The Morgan fingerprint density at radius 3 is 1.87 bits per heavy atom. The normalized spacial score (nSPS) is 13.4. The fourth-order valence-electron chi connectivity index (χ4n) is 6.52. The number of rotatable bonds is 10. The molecule has 0 saturated carbocycles. The van der Waals surface area contributed by atoms with Crippen LogP contribution in [0.4, 0.5) is 0 Å². The second-order valence-corrected chi connectivity index (χ2v) is 13.8. The summed E-state index contributed by atoms with van der Waals surface area (Å²) >= 11 is 0. The molecule has 6 aromatic carbocycles. The molecule has 2 atom stereocenters. The van der Waals surface area contributed by atoms with Crippen LogP contribution in [-0.2, 0) is 0 Å². The van der Waals surface area contributed by atoms with E-state index in [0.717, 1.165) is 16.6 Å². The molecule has 2 unspecified atom stereocenters. The number of nitrogens with one attached hydrogen (secondary N) is 1. The van der Waals surface area contributed by atoms with Gasteiger partial charge in [-0.05, 0) is 54.5 Å². The van der Waals surface area contributed by atoms with E-state index in [0.29, 0.717) is 0 Å². The molecule has 0 aliphatic rings. The molecule has 0 amide bonds. The van der Waals surface area contributed by atoms with Gasteiger partial charge in [0, 0.05) is 10.8 Å². The maximum atomic E-state index is 5.28. The highest BCUT2D eigenvalue weighted by molar-refractivity contribution is 6.67. The minimum atomic E-state index is -0.474. The summed E-state index contributed by atoms with van der Waals surface area (Å²) in [5, 5.41) is 8.87. The summed E-state index contributed by atoms with van der Waals surface area (Å²) in [6.07, 6.45) is 1.80. The van der Waals surface area contributed by atoms with E-state index in [1.165, 1.54) is 37.8 Å². The van der Waals surface area contributed by atoms with Crippen molar-refractivity contribution < 1.29 is 0 Å². The van der Waals surface area contributed by atoms with E-state index in [1.54, 1.807) is 0 Å². The van der Waals surface area contributed by atoms with Crippen LogP contribution in [0, 0.1) is 0 Å². The van der Waals surface area contributed by atoms with E-state index < -0.39 is 9.52 Å². The first kappa shape index (κ1) is 29.6. The Hall–Kier alpha value is -5.07. The summed E-state index contributed by atoms with van der Waals surface area (Å²) in [6.45, 7) is 0. The Morgan fingerprint density at radius 1 is 0.609 bits per heavy atom. The van der Waals surface area contributed by atoms with Gasteiger partial charge in [0.2, 0.25) is 0 Å². The van der Waals surface area contributed by atoms with Crippen molar-refractivity contribution in [3.63, 3.8) is 0 Å². The number of hydrogen-bond donors (Lipinski definition) is 1. The summed E-state index contributed by atoms with van der Waals surface area (Å²) in [4.78, 5) is 7.57. The van der Waals surface area contributed by atoms with Gasteiger partial charge in [0.05, 0.1) is 33.1 Å². The summed E-state index contributed by atoms with van der Waals surface area (Å²) in [6, 6.07) is 56.5. The molecule has 7 rings (SSSR count). The first-order valence-electron chi connectivity index (χ1n) is 15.9. The lowest BCUT2D eigenvalue weighted by Crippen LogP contribution is -2.36. The standard InChI is InChI=1S/C41H38N4Si/c1-42-40(31-14-6-3-7-15-31)44(2)41(32-16-8-4-9-17-32)43-29-45-38-21-13-12-20-36(38)37-28-33(24-27-39(37)45)30-22-25-35(26-23-30)46-34-18-10-5-11-19-34/h3-29,40-42H,46H2,1-2H3/b43-29+. The number of fused-ring (bicyclic) bond motifs is 3. The molecule has 1 aromatic heterocycles. The highest BCUT2D eigenvalue weighted by atomic mass is 28.2. The highest BCUT2D eigenvalue weighted by Crippen LogP contribution is 2.33. The van der Waals surface area contributed by atoms with Crippen molar-refractivity contribution in [1.82, 2.24) is 14.8 Å². The van der Waals surface area contributed by atoms with Crippen molar-refractivity contribution in [2.75, 3.05) is 14.1 Å². The monoisotopic (exact) mass is 614 g/mol. The van der Waals surface area contributed by atoms with Crippen LogP contribution in [0.25, 0.3) is 32.9 Å². The molecule has 0 spiro atoms. The van der Waals surface area contributed by atoms with Crippen LogP contribution in [0.2, 0.25) is 0 Å². The molecule has 1 heterocycles. The van der Waals surface area contributed by atoms with Crippen LogP contribution in [-0.4, -0.2) is 39.4 Å². The zero-order valence-corrected chi connectivity index (χ0v) is 27.7. The Labute approximate surface area is 273 Å². The first-order chi connectivity index (χ1) is 22.7. The summed E-state index contributed by atoms with van der Waals surface area (Å²) in [5.41, 5.74) is 7.09. The third-order valence-corrected chi connectivity index (χ3v) is 10.6. The quantitative estimate of drug-likeness (QED) is 0.0779. The van der Waals surface area contributed by atoms with Crippen LogP contribution in [0.3, 0.4) is 0 Å². The van der Waals surface area contributed by atoms with E-state index in [9.17, 15) is 0 Å². The van der Waals surface area contributed by atoms with Gasteiger partial charge < -0.3 is 9.88 Å².